The van der Waals surface area contributed by atoms with E-state index >= 15 is 0 Å². The summed E-state index contributed by atoms with van der Waals surface area (Å²) in [5.74, 6) is 1.78. The van der Waals surface area contributed by atoms with Gasteiger partial charge in [0.15, 0.2) is 11.5 Å². The van der Waals surface area contributed by atoms with Gasteiger partial charge in [-0.1, -0.05) is 0 Å². The summed E-state index contributed by atoms with van der Waals surface area (Å²) in [5, 5.41) is 3.51. The molecule has 1 aromatic rings. The lowest BCUT2D eigenvalue weighted by Gasteiger charge is -2.14. The summed E-state index contributed by atoms with van der Waals surface area (Å²) >= 11 is 0. The van der Waals surface area contributed by atoms with Gasteiger partial charge < -0.3 is 14.8 Å². The molecular formula is C12H15NO2. The number of hydrogen-bond acceptors (Lipinski definition) is 3. The van der Waals surface area contributed by atoms with Crippen LogP contribution in [0.25, 0.3) is 0 Å². The average Bonchev–Trinajstić information content (AvgIpc) is 2.85. The van der Waals surface area contributed by atoms with E-state index in [1.165, 1.54) is 24.0 Å². The Hall–Kier alpha value is -1.22. The molecule has 15 heavy (non-hydrogen) atoms. The first-order valence-electron chi connectivity index (χ1n) is 5.48. The van der Waals surface area contributed by atoms with Gasteiger partial charge in [0.2, 0.25) is 6.79 Å². The third-order valence-electron chi connectivity index (χ3n) is 3.20. The fourth-order valence-electron chi connectivity index (χ4n) is 2.38. The molecule has 1 atom stereocenters. The highest BCUT2D eigenvalue weighted by Crippen LogP contribution is 2.38. The van der Waals surface area contributed by atoms with Crippen molar-refractivity contribution < 1.29 is 9.47 Å². The van der Waals surface area contributed by atoms with E-state index in [-0.39, 0.29) is 0 Å². The van der Waals surface area contributed by atoms with Crippen LogP contribution in [0.5, 0.6) is 11.5 Å². The number of nitrogens with one attached hydrogen (secondary N) is 1. The van der Waals surface area contributed by atoms with Crippen molar-refractivity contribution in [3.05, 3.63) is 23.3 Å². The zero-order valence-electron chi connectivity index (χ0n) is 8.88. The highest BCUT2D eigenvalue weighted by Gasteiger charge is 2.22. The molecule has 0 radical (unpaired) electrons. The molecule has 1 unspecified atom stereocenters. The smallest absolute Gasteiger partial charge is 0.231 e. The van der Waals surface area contributed by atoms with Crippen LogP contribution in [0.3, 0.4) is 0 Å². The highest BCUT2D eigenvalue weighted by molar-refractivity contribution is 5.49. The fraction of sp³-hybridized carbons (Fsp3) is 0.500. The van der Waals surface area contributed by atoms with Crippen molar-refractivity contribution in [2.45, 2.75) is 25.8 Å². The number of fused-ring (bicyclic) bond motifs is 1. The second kappa shape index (κ2) is 3.42. The molecule has 1 aromatic carbocycles. The minimum absolute atomic E-state index is 0.357. The van der Waals surface area contributed by atoms with Crippen LogP contribution >= 0.6 is 0 Å². The average molecular weight is 205 g/mol. The number of hydrogen-bond donors (Lipinski definition) is 1. The number of ether oxygens (including phenoxy) is 2. The number of aryl methyl sites for hydroxylation is 1. The Kier molecular flexibility index (Phi) is 2.06. The zero-order valence-corrected chi connectivity index (χ0v) is 8.88. The van der Waals surface area contributed by atoms with Gasteiger partial charge in [0.05, 0.1) is 0 Å². The van der Waals surface area contributed by atoms with Crippen LogP contribution in [0.15, 0.2) is 12.1 Å². The predicted octanol–water partition coefficient (Wildman–Crippen LogP) is 2.15. The first kappa shape index (κ1) is 9.04. The molecule has 0 aliphatic carbocycles. The second-order valence-electron chi connectivity index (χ2n) is 4.21. The lowest BCUT2D eigenvalue weighted by molar-refractivity contribution is 0.174. The summed E-state index contributed by atoms with van der Waals surface area (Å²) in [5.41, 5.74) is 2.65. The van der Waals surface area contributed by atoms with Crippen molar-refractivity contribution in [2.75, 3.05) is 13.3 Å². The van der Waals surface area contributed by atoms with E-state index in [0.29, 0.717) is 12.8 Å². The summed E-state index contributed by atoms with van der Waals surface area (Å²) in [6.45, 7) is 3.62. The topological polar surface area (TPSA) is 30.5 Å². The molecule has 2 aliphatic heterocycles. The zero-order chi connectivity index (χ0) is 10.3. The SMILES string of the molecule is Cc1cc2c(cc1C1CCCN1)OCO2. The molecule has 1 N–H and O–H groups in total. The second-order valence-corrected chi connectivity index (χ2v) is 4.21. The minimum atomic E-state index is 0.357. The van der Waals surface area contributed by atoms with Gasteiger partial charge in [-0.15, -0.1) is 0 Å². The van der Waals surface area contributed by atoms with E-state index in [4.69, 9.17) is 9.47 Å². The largest absolute Gasteiger partial charge is 0.454 e. The van der Waals surface area contributed by atoms with E-state index in [0.717, 1.165) is 18.0 Å². The van der Waals surface area contributed by atoms with E-state index in [1.54, 1.807) is 0 Å². The van der Waals surface area contributed by atoms with E-state index in [1.807, 2.05) is 0 Å². The van der Waals surface area contributed by atoms with Crippen LogP contribution in [0.2, 0.25) is 0 Å². The minimum Gasteiger partial charge on any atom is -0.454 e. The van der Waals surface area contributed by atoms with Crippen LogP contribution in [0.1, 0.15) is 30.0 Å². The Morgan fingerprint density at radius 1 is 1.27 bits per heavy atom. The van der Waals surface area contributed by atoms with Gasteiger partial charge >= 0.3 is 0 Å². The molecule has 0 spiro atoms. The molecule has 80 valence electrons. The summed E-state index contributed by atoms with van der Waals surface area (Å²) in [6, 6.07) is 4.71. The van der Waals surface area contributed by atoms with Crippen molar-refractivity contribution in [1.82, 2.24) is 5.32 Å². The molecule has 1 fully saturated rings. The molecule has 3 heteroatoms. The van der Waals surface area contributed by atoms with E-state index in [2.05, 4.69) is 24.4 Å². The van der Waals surface area contributed by atoms with Gasteiger partial charge in [-0.25, -0.2) is 0 Å². The number of benzene rings is 1. The Morgan fingerprint density at radius 2 is 2.07 bits per heavy atom. The van der Waals surface area contributed by atoms with Crippen molar-refractivity contribution in [2.24, 2.45) is 0 Å². The Labute approximate surface area is 89.4 Å². The standard InChI is InChI=1S/C12H15NO2/c1-8-5-11-12(15-7-14-11)6-9(8)10-3-2-4-13-10/h5-6,10,13H,2-4,7H2,1H3. The lowest BCUT2D eigenvalue weighted by atomic mass is 9.99. The lowest BCUT2D eigenvalue weighted by Crippen LogP contribution is -2.13. The van der Waals surface area contributed by atoms with Crippen molar-refractivity contribution in [3.8, 4) is 11.5 Å². The summed E-state index contributed by atoms with van der Waals surface area (Å²) < 4.78 is 10.8. The quantitative estimate of drug-likeness (QED) is 0.762. The molecule has 0 aromatic heterocycles. The normalized spacial score (nSPS) is 23.4. The van der Waals surface area contributed by atoms with Crippen LogP contribution in [-0.2, 0) is 0 Å². The van der Waals surface area contributed by atoms with Crippen LogP contribution < -0.4 is 14.8 Å². The molecule has 0 amide bonds. The maximum absolute atomic E-state index is 5.40. The number of rotatable bonds is 1. The van der Waals surface area contributed by atoms with Gasteiger partial charge in [-0.3, -0.25) is 0 Å². The van der Waals surface area contributed by atoms with Crippen molar-refractivity contribution >= 4 is 0 Å². The monoisotopic (exact) mass is 205 g/mol. The molecule has 3 rings (SSSR count). The first-order chi connectivity index (χ1) is 7.34. The van der Waals surface area contributed by atoms with Gasteiger partial charge in [-0.05, 0) is 49.6 Å². The van der Waals surface area contributed by atoms with Gasteiger partial charge in [0.1, 0.15) is 0 Å². The highest BCUT2D eigenvalue weighted by atomic mass is 16.7. The first-order valence-corrected chi connectivity index (χ1v) is 5.48. The third-order valence-corrected chi connectivity index (χ3v) is 3.20. The van der Waals surface area contributed by atoms with Crippen molar-refractivity contribution in [1.29, 1.82) is 0 Å². The van der Waals surface area contributed by atoms with Gasteiger partial charge in [-0.2, -0.15) is 0 Å². The summed E-state index contributed by atoms with van der Waals surface area (Å²) in [4.78, 5) is 0. The predicted molar refractivity (Wildman–Crippen MR) is 57.3 cm³/mol. The Bertz CT molecular complexity index is 383. The maximum Gasteiger partial charge on any atom is 0.231 e. The third kappa shape index (κ3) is 1.47. The molecular weight excluding hydrogens is 190 g/mol. The maximum atomic E-state index is 5.40. The molecule has 0 saturated carbocycles. The Morgan fingerprint density at radius 3 is 2.80 bits per heavy atom. The molecule has 1 saturated heterocycles. The molecule has 2 heterocycles. The van der Waals surface area contributed by atoms with Crippen LogP contribution in [0.4, 0.5) is 0 Å². The van der Waals surface area contributed by atoms with E-state index < -0.39 is 0 Å². The van der Waals surface area contributed by atoms with E-state index in [9.17, 15) is 0 Å². The molecule has 2 aliphatic rings. The summed E-state index contributed by atoms with van der Waals surface area (Å²) in [6.07, 6.45) is 2.49. The summed E-state index contributed by atoms with van der Waals surface area (Å²) in [7, 11) is 0. The van der Waals surface area contributed by atoms with Crippen LogP contribution in [-0.4, -0.2) is 13.3 Å². The molecule has 0 bridgehead atoms. The van der Waals surface area contributed by atoms with Gasteiger partial charge in [0.25, 0.3) is 0 Å². The fourth-order valence-corrected chi connectivity index (χ4v) is 2.38. The van der Waals surface area contributed by atoms with Gasteiger partial charge in [0, 0.05) is 6.04 Å². The Balaban J connectivity index is 2.00. The molecule has 3 nitrogen and oxygen atoms in total. The van der Waals surface area contributed by atoms with Crippen LogP contribution in [0, 0.1) is 6.92 Å². The van der Waals surface area contributed by atoms with Crippen molar-refractivity contribution in [3.63, 3.8) is 0 Å².